The second-order valence-electron chi connectivity index (χ2n) is 5.04. The van der Waals surface area contributed by atoms with Crippen molar-refractivity contribution >= 4 is 5.91 Å². The largest absolute Gasteiger partial charge is 0.507 e. The van der Waals surface area contributed by atoms with E-state index in [1.54, 1.807) is 18.2 Å². The van der Waals surface area contributed by atoms with Gasteiger partial charge in [-0.05, 0) is 30.5 Å². The minimum absolute atomic E-state index is 0.0143. The summed E-state index contributed by atoms with van der Waals surface area (Å²) < 4.78 is 0. The van der Waals surface area contributed by atoms with Crippen LogP contribution in [0.2, 0.25) is 0 Å². The van der Waals surface area contributed by atoms with E-state index >= 15 is 0 Å². The highest BCUT2D eigenvalue weighted by Crippen LogP contribution is 2.18. The van der Waals surface area contributed by atoms with Crippen molar-refractivity contribution in [1.29, 1.82) is 0 Å². The van der Waals surface area contributed by atoms with Gasteiger partial charge in [0.2, 0.25) is 0 Å². The van der Waals surface area contributed by atoms with E-state index in [1.165, 1.54) is 5.56 Å². The fourth-order valence-corrected chi connectivity index (χ4v) is 2.07. The van der Waals surface area contributed by atoms with Crippen LogP contribution in [0.1, 0.15) is 34.3 Å². The lowest BCUT2D eigenvalue weighted by Gasteiger charge is -2.13. The van der Waals surface area contributed by atoms with Gasteiger partial charge >= 0.3 is 0 Å². The van der Waals surface area contributed by atoms with Gasteiger partial charge in [0, 0.05) is 6.54 Å². The van der Waals surface area contributed by atoms with Crippen LogP contribution in [0.3, 0.4) is 0 Å². The van der Waals surface area contributed by atoms with Crippen LogP contribution in [-0.2, 0) is 0 Å². The predicted molar refractivity (Wildman–Crippen MR) is 80.0 cm³/mol. The third-order valence-corrected chi connectivity index (χ3v) is 3.33. The number of hydrogen-bond donors (Lipinski definition) is 2. The summed E-state index contributed by atoms with van der Waals surface area (Å²) in [7, 11) is 0. The van der Waals surface area contributed by atoms with Crippen molar-refractivity contribution in [3.63, 3.8) is 0 Å². The summed E-state index contributed by atoms with van der Waals surface area (Å²) in [5.41, 5.74) is 2.45. The molecule has 2 aromatic carbocycles. The summed E-state index contributed by atoms with van der Waals surface area (Å²) >= 11 is 0. The van der Waals surface area contributed by atoms with Gasteiger partial charge in [0.15, 0.2) is 0 Å². The molecule has 1 atom stereocenters. The lowest BCUT2D eigenvalue weighted by Crippen LogP contribution is -2.27. The van der Waals surface area contributed by atoms with Crippen molar-refractivity contribution in [2.24, 2.45) is 0 Å². The Morgan fingerprint density at radius 2 is 1.90 bits per heavy atom. The second-order valence-corrected chi connectivity index (χ2v) is 5.04. The molecule has 0 aromatic heterocycles. The number of aryl methyl sites for hydroxylation is 1. The van der Waals surface area contributed by atoms with Crippen molar-refractivity contribution < 1.29 is 9.90 Å². The van der Waals surface area contributed by atoms with E-state index in [9.17, 15) is 9.90 Å². The van der Waals surface area contributed by atoms with Gasteiger partial charge in [-0.15, -0.1) is 0 Å². The molecule has 3 heteroatoms. The van der Waals surface area contributed by atoms with Crippen molar-refractivity contribution in [3.05, 3.63) is 65.2 Å². The number of carbonyl (C=O) groups excluding carboxylic acids is 1. The number of rotatable bonds is 4. The molecule has 0 aliphatic heterocycles. The second kappa shape index (κ2) is 6.24. The number of hydrogen-bond acceptors (Lipinski definition) is 2. The highest BCUT2D eigenvalue weighted by atomic mass is 16.3. The van der Waals surface area contributed by atoms with Crippen LogP contribution in [0.25, 0.3) is 0 Å². The quantitative estimate of drug-likeness (QED) is 0.895. The zero-order chi connectivity index (χ0) is 14.5. The molecule has 0 saturated carbocycles. The first-order chi connectivity index (χ1) is 9.58. The first-order valence-electron chi connectivity index (χ1n) is 6.70. The normalized spacial score (nSPS) is 11.9. The van der Waals surface area contributed by atoms with Crippen LogP contribution in [0.5, 0.6) is 5.75 Å². The molecule has 0 aliphatic rings. The summed E-state index contributed by atoms with van der Waals surface area (Å²) in [5, 5.41) is 12.6. The predicted octanol–water partition coefficient (Wildman–Crippen LogP) is 3.23. The third kappa shape index (κ3) is 3.38. The average molecular weight is 269 g/mol. The van der Waals surface area contributed by atoms with Gasteiger partial charge in [0.25, 0.3) is 5.91 Å². The molecule has 3 nitrogen and oxygen atoms in total. The van der Waals surface area contributed by atoms with Crippen LogP contribution in [0.4, 0.5) is 0 Å². The van der Waals surface area contributed by atoms with Gasteiger partial charge in [0.05, 0.1) is 5.56 Å². The van der Waals surface area contributed by atoms with Crippen LogP contribution in [0.15, 0.2) is 48.5 Å². The fraction of sp³-hybridized carbons (Fsp3) is 0.235. The van der Waals surface area contributed by atoms with E-state index in [0.29, 0.717) is 12.1 Å². The highest BCUT2D eigenvalue weighted by Gasteiger charge is 2.12. The molecule has 2 rings (SSSR count). The first kappa shape index (κ1) is 14.1. The van der Waals surface area contributed by atoms with E-state index in [4.69, 9.17) is 0 Å². The number of phenols is 1. The summed E-state index contributed by atoms with van der Waals surface area (Å²) in [6.07, 6.45) is 0. The molecule has 0 heterocycles. The lowest BCUT2D eigenvalue weighted by molar-refractivity contribution is 0.0949. The SMILES string of the molecule is Cc1ccc(O)c(C(=O)NC[C@H](C)c2ccccc2)c1. The topological polar surface area (TPSA) is 49.3 Å². The number of carbonyl (C=O) groups is 1. The number of aromatic hydroxyl groups is 1. The number of amides is 1. The van der Waals surface area contributed by atoms with Gasteiger partial charge in [-0.2, -0.15) is 0 Å². The molecular formula is C17H19NO2. The van der Waals surface area contributed by atoms with E-state index in [-0.39, 0.29) is 17.6 Å². The molecular weight excluding hydrogens is 250 g/mol. The third-order valence-electron chi connectivity index (χ3n) is 3.33. The maximum Gasteiger partial charge on any atom is 0.255 e. The maximum absolute atomic E-state index is 12.1. The molecule has 104 valence electrons. The van der Waals surface area contributed by atoms with Crippen LogP contribution >= 0.6 is 0 Å². The standard InChI is InChI=1S/C17H19NO2/c1-12-8-9-16(19)15(10-12)17(20)18-11-13(2)14-6-4-3-5-7-14/h3-10,13,19H,11H2,1-2H3,(H,18,20)/t13-/m0/s1. The molecule has 0 bridgehead atoms. The molecule has 0 saturated heterocycles. The van der Waals surface area contributed by atoms with Crippen LogP contribution in [-0.4, -0.2) is 17.6 Å². The fourth-order valence-electron chi connectivity index (χ4n) is 2.07. The Bertz CT molecular complexity index is 593. The molecule has 20 heavy (non-hydrogen) atoms. The van der Waals surface area contributed by atoms with Gasteiger partial charge in [-0.3, -0.25) is 4.79 Å². The van der Waals surface area contributed by atoms with E-state index in [1.807, 2.05) is 37.3 Å². The van der Waals surface area contributed by atoms with E-state index in [0.717, 1.165) is 5.56 Å². The Hall–Kier alpha value is -2.29. The van der Waals surface area contributed by atoms with Gasteiger partial charge in [-0.25, -0.2) is 0 Å². The smallest absolute Gasteiger partial charge is 0.255 e. The molecule has 0 fully saturated rings. The molecule has 2 N–H and O–H groups in total. The molecule has 1 amide bonds. The Labute approximate surface area is 119 Å². The lowest BCUT2D eigenvalue weighted by atomic mass is 10.0. The zero-order valence-electron chi connectivity index (χ0n) is 11.8. The maximum atomic E-state index is 12.1. The molecule has 2 aromatic rings. The van der Waals surface area contributed by atoms with E-state index < -0.39 is 0 Å². The number of phenolic OH excluding ortho intramolecular Hbond substituents is 1. The minimum Gasteiger partial charge on any atom is -0.507 e. The van der Waals surface area contributed by atoms with Gasteiger partial charge < -0.3 is 10.4 Å². The Kier molecular flexibility index (Phi) is 4.41. The minimum atomic E-state index is -0.242. The highest BCUT2D eigenvalue weighted by molar-refractivity contribution is 5.97. The zero-order valence-corrected chi connectivity index (χ0v) is 11.8. The summed E-state index contributed by atoms with van der Waals surface area (Å²) in [6.45, 7) is 4.49. The van der Waals surface area contributed by atoms with Crippen molar-refractivity contribution in [2.45, 2.75) is 19.8 Å². The van der Waals surface area contributed by atoms with Gasteiger partial charge in [0.1, 0.15) is 5.75 Å². The number of benzene rings is 2. The van der Waals surface area contributed by atoms with Crippen molar-refractivity contribution in [3.8, 4) is 5.75 Å². The van der Waals surface area contributed by atoms with Gasteiger partial charge in [-0.1, -0.05) is 48.9 Å². The molecule has 0 radical (unpaired) electrons. The summed E-state index contributed by atoms with van der Waals surface area (Å²) in [6, 6.07) is 15.0. The molecule has 0 spiro atoms. The number of nitrogens with one attached hydrogen (secondary N) is 1. The average Bonchev–Trinajstić information content (AvgIpc) is 2.47. The monoisotopic (exact) mass is 269 g/mol. The first-order valence-corrected chi connectivity index (χ1v) is 6.70. The Morgan fingerprint density at radius 3 is 2.60 bits per heavy atom. The van der Waals surface area contributed by atoms with Crippen LogP contribution < -0.4 is 5.32 Å². The Balaban J connectivity index is 2.00. The molecule has 0 unspecified atom stereocenters. The summed E-state index contributed by atoms with van der Waals surface area (Å²) in [5.74, 6) is 0.00143. The van der Waals surface area contributed by atoms with Crippen molar-refractivity contribution in [2.75, 3.05) is 6.54 Å². The molecule has 0 aliphatic carbocycles. The van der Waals surface area contributed by atoms with Crippen LogP contribution in [0, 0.1) is 6.92 Å². The van der Waals surface area contributed by atoms with Crippen molar-refractivity contribution in [1.82, 2.24) is 5.32 Å². The summed E-state index contributed by atoms with van der Waals surface area (Å²) in [4.78, 5) is 12.1. The Morgan fingerprint density at radius 1 is 1.20 bits per heavy atom. The van der Waals surface area contributed by atoms with E-state index in [2.05, 4.69) is 12.2 Å².